The minimum atomic E-state index is -0.372. The summed E-state index contributed by atoms with van der Waals surface area (Å²) in [6.45, 7) is 3.84. The molecule has 1 heterocycles. The molecule has 2 aromatic rings. The fourth-order valence-electron chi connectivity index (χ4n) is 1.59. The Bertz CT molecular complexity index is 544. The first kappa shape index (κ1) is 12.8. The van der Waals surface area contributed by atoms with Crippen LogP contribution in [-0.4, -0.2) is 15.3 Å². The molecule has 1 atom stereocenters. The zero-order chi connectivity index (χ0) is 13.1. The van der Waals surface area contributed by atoms with Crippen LogP contribution in [0, 0.1) is 5.82 Å². The average molecular weight is 267 g/mol. The Labute approximate surface area is 109 Å². The smallest absolute Gasteiger partial charge is 0.206 e. The van der Waals surface area contributed by atoms with E-state index in [0.717, 1.165) is 11.4 Å². The molecule has 1 aromatic heterocycles. The zero-order valence-corrected chi connectivity index (χ0v) is 11.0. The molecular weight excluding hydrogens is 253 g/mol. The van der Waals surface area contributed by atoms with Gasteiger partial charge in [0, 0.05) is 5.56 Å². The lowest BCUT2D eigenvalue weighted by molar-refractivity contribution is 0.462. The monoisotopic (exact) mass is 267 g/mol. The summed E-state index contributed by atoms with van der Waals surface area (Å²) in [7, 11) is 0. The number of phenolic OH excluding ortho intramolecular Hbond substituents is 1. The molecule has 0 spiro atoms. The molecule has 0 aliphatic heterocycles. The second-order valence-corrected chi connectivity index (χ2v) is 4.99. The number of aromatic hydroxyl groups is 1. The normalized spacial score (nSPS) is 12.4. The molecule has 0 saturated carbocycles. The van der Waals surface area contributed by atoms with E-state index in [1.165, 1.54) is 29.5 Å². The summed E-state index contributed by atoms with van der Waals surface area (Å²) in [5, 5.41) is 22.4. The Morgan fingerprint density at radius 3 is 2.89 bits per heavy atom. The van der Waals surface area contributed by atoms with Crippen LogP contribution in [0.15, 0.2) is 18.2 Å². The Balaban J connectivity index is 2.16. The first-order valence-corrected chi connectivity index (χ1v) is 6.49. The highest BCUT2D eigenvalue weighted by Gasteiger charge is 2.13. The molecule has 0 amide bonds. The highest BCUT2D eigenvalue weighted by atomic mass is 32.1. The van der Waals surface area contributed by atoms with Crippen molar-refractivity contribution in [2.45, 2.75) is 26.3 Å². The van der Waals surface area contributed by atoms with Gasteiger partial charge in [-0.3, -0.25) is 0 Å². The summed E-state index contributed by atoms with van der Waals surface area (Å²) in [5.74, 6) is -0.306. The van der Waals surface area contributed by atoms with E-state index < -0.39 is 0 Å². The molecule has 0 radical (unpaired) electrons. The van der Waals surface area contributed by atoms with Crippen LogP contribution in [0.25, 0.3) is 0 Å². The second kappa shape index (κ2) is 5.30. The number of phenols is 1. The molecule has 1 aromatic carbocycles. The summed E-state index contributed by atoms with van der Waals surface area (Å²) in [4.78, 5) is 0. The van der Waals surface area contributed by atoms with Crippen molar-refractivity contribution < 1.29 is 9.50 Å². The molecule has 96 valence electrons. The van der Waals surface area contributed by atoms with Crippen molar-refractivity contribution in [3.8, 4) is 5.75 Å². The highest BCUT2D eigenvalue weighted by Crippen LogP contribution is 2.28. The molecule has 0 bridgehead atoms. The van der Waals surface area contributed by atoms with Gasteiger partial charge in [-0.1, -0.05) is 18.3 Å². The standard InChI is InChI=1S/C12H14FN3OS/c1-3-11-15-16-12(18-11)14-7(2)9-6-8(13)4-5-10(9)17/h4-7,17H,3H2,1-2H3,(H,14,16). The molecule has 2 N–H and O–H groups in total. The van der Waals surface area contributed by atoms with E-state index in [4.69, 9.17) is 0 Å². The minimum absolute atomic E-state index is 0.0663. The maximum absolute atomic E-state index is 13.1. The number of rotatable bonds is 4. The number of nitrogens with zero attached hydrogens (tertiary/aromatic N) is 2. The van der Waals surface area contributed by atoms with Gasteiger partial charge in [-0.25, -0.2) is 4.39 Å². The molecule has 6 heteroatoms. The molecular formula is C12H14FN3OS. The van der Waals surface area contributed by atoms with Crippen molar-refractivity contribution in [3.63, 3.8) is 0 Å². The van der Waals surface area contributed by atoms with Crippen molar-refractivity contribution in [1.29, 1.82) is 0 Å². The van der Waals surface area contributed by atoms with Crippen LogP contribution in [0.1, 0.15) is 30.5 Å². The first-order valence-electron chi connectivity index (χ1n) is 5.67. The van der Waals surface area contributed by atoms with Crippen LogP contribution in [0.5, 0.6) is 5.75 Å². The average Bonchev–Trinajstić information content (AvgIpc) is 2.80. The number of aromatic nitrogens is 2. The van der Waals surface area contributed by atoms with Gasteiger partial charge in [-0.2, -0.15) is 0 Å². The minimum Gasteiger partial charge on any atom is -0.508 e. The third-order valence-electron chi connectivity index (χ3n) is 2.57. The quantitative estimate of drug-likeness (QED) is 0.893. The fourth-order valence-corrected chi connectivity index (χ4v) is 2.36. The molecule has 1 unspecified atom stereocenters. The molecule has 0 saturated heterocycles. The maximum atomic E-state index is 13.1. The third kappa shape index (κ3) is 2.76. The predicted molar refractivity (Wildman–Crippen MR) is 69.4 cm³/mol. The van der Waals surface area contributed by atoms with Crippen molar-refractivity contribution in [2.75, 3.05) is 5.32 Å². The van der Waals surface area contributed by atoms with Gasteiger partial charge in [-0.05, 0) is 31.5 Å². The number of aryl methyl sites for hydroxylation is 1. The molecule has 0 fully saturated rings. The Kier molecular flexibility index (Phi) is 3.76. The Hall–Kier alpha value is -1.69. The first-order chi connectivity index (χ1) is 8.60. The Morgan fingerprint density at radius 2 is 2.22 bits per heavy atom. The number of nitrogens with one attached hydrogen (secondary N) is 1. The number of hydrogen-bond donors (Lipinski definition) is 2. The summed E-state index contributed by atoms with van der Waals surface area (Å²) >= 11 is 1.46. The maximum Gasteiger partial charge on any atom is 0.206 e. The van der Waals surface area contributed by atoms with Crippen LogP contribution < -0.4 is 5.32 Å². The van der Waals surface area contributed by atoms with Crippen LogP contribution in [-0.2, 0) is 6.42 Å². The zero-order valence-electron chi connectivity index (χ0n) is 10.1. The SMILES string of the molecule is CCc1nnc(NC(C)c2cc(F)ccc2O)s1. The van der Waals surface area contributed by atoms with Crippen molar-refractivity contribution >= 4 is 16.5 Å². The summed E-state index contributed by atoms with van der Waals surface area (Å²) in [6.07, 6.45) is 0.832. The van der Waals surface area contributed by atoms with Crippen molar-refractivity contribution in [3.05, 3.63) is 34.6 Å². The molecule has 0 aliphatic rings. The summed E-state index contributed by atoms with van der Waals surface area (Å²) in [6, 6.07) is 3.65. The summed E-state index contributed by atoms with van der Waals surface area (Å²) < 4.78 is 13.1. The molecule has 0 aliphatic carbocycles. The lowest BCUT2D eigenvalue weighted by Gasteiger charge is -2.14. The number of benzene rings is 1. The van der Waals surface area contributed by atoms with Gasteiger partial charge in [0.25, 0.3) is 0 Å². The lowest BCUT2D eigenvalue weighted by atomic mass is 10.1. The van der Waals surface area contributed by atoms with E-state index in [9.17, 15) is 9.50 Å². The van der Waals surface area contributed by atoms with Crippen molar-refractivity contribution in [1.82, 2.24) is 10.2 Å². The van der Waals surface area contributed by atoms with Crippen LogP contribution in [0.4, 0.5) is 9.52 Å². The van der Waals surface area contributed by atoms with E-state index in [2.05, 4.69) is 15.5 Å². The van der Waals surface area contributed by atoms with E-state index >= 15 is 0 Å². The van der Waals surface area contributed by atoms with E-state index in [0.29, 0.717) is 10.7 Å². The van der Waals surface area contributed by atoms with Gasteiger partial charge in [0.05, 0.1) is 6.04 Å². The fraction of sp³-hybridized carbons (Fsp3) is 0.333. The third-order valence-corrected chi connectivity index (χ3v) is 3.56. The second-order valence-electron chi connectivity index (χ2n) is 3.92. The highest BCUT2D eigenvalue weighted by molar-refractivity contribution is 7.15. The van der Waals surface area contributed by atoms with Gasteiger partial charge in [0.2, 0.25) is 5.13 Å². The van der Waals surface area contributed by atoms with Crippen molar-refractivity contribution in [2.24, 2.45) is 0 Å². The van der Waals surface area contributed by atoms with Crippen LogP contribution in [0.2, 0.25) is 0 Å². The predicted octanol–water partition coefficient (Wildman–Crippen LogP) is 3.12. The summed E-state index contributed by atoms with van der Waals surface area (Å²) in [5.41, 5.74) is 0.503. The molecule has 18 heavy (non-hydrogen) atoms. The largest absolute Gasteiger partial charge is 0.508 e. The number of anilines is 1. The number of halogens is 1. The molecule has 4 nitrogen and oxygen atoms in total. The van der Waals surface area contributed by atoms with Crippen LogP contribution >= 0.6 is 11.3 Å². The molecule has 2 rings (SSSR count). The lowest BCUT2D eigenvalue weighted by Crippen LogP contribution is -2.07. The van der Waals surface area contributed by atoms with Crippen LogP contribution in [0.3, 0.4) is 0 Å². The van der Waals surface area contributed by atoms with Gasteiger partial charge in [0.15, 0.2) is 0 Å². The topological polar surface area (TPSA) is 58.0 Å². The van der Waals surface area contributed by atoms with Gasteiger partial charge >= 0.3 is 0 Å². The van der Waals surface area contributed by atoms with E-state index in [1.807, 2.05) is 13.8 Å². The Morgan fingerprint density at radius 1 is 1.44 bits per heavy atom. The van der Waals surface area contributed by atoms with E-state index in [1.54, 1.807) is 0 Å². The van der Waals surface area contributed by atoms with E-state index in [-0.39, 0.29) is 17.6 Å². The van der Waals surface area contributed by atoms with Gasteiger partial charge < -0.3 is 10.4 Å². The van der Waals surface area contributed by atoms with Gasteiger partial charge in [0.1, 0.15) is 16.6 Å². The number of hydrogen-bond acceptors (Lipinski definition) is 5. The van der Waals surface area contributed by atoms with Gasteiger partial charge in [-0.15, -0.1) is 10.2 Å².